The van der Waals surface area contributed by atoms with Crippen molar-refractivity contribution in [3.05, 3.63) is 34.9 Å². The Kier molecular flexibility index (Phi) is 3.69. The molecule has 108 valence electrons. The van der Waals surface area contributed by atoms with Crippen molar-refractivity contribution >= 4 is 11.8 Å². The Morgan fingerprint density at radius 3 is 2.75 bits per heavy atom. The Labute approximate surface area is 118 Å². The highest BCUT2D eigenvalue weighted by Crippen LogP contribution is 2.45. The fourth-order valence-corrected chi connectivity index (χ4v) is 3.19. The van der Waals surface area contributed by atoms with Crippen molar-refractivity contribution in [1.82, 2.24) is 0 Å². The van der Waals surface area contributed by atoms with Gasteiger partial charge in [0.25, 0.3) is 0 Å². The predicted molar refractivity (Wildman–Crippen MR) is 74.9 cm³/mol. The normalized spacial score (nSPS) is 29.7. The molecule has 0 radical (unpaired) electrons. The Bertz CT molecular complexity index is 553. The third-order valence-electron chi connectivity index (χ3n) is 4.44. The molecule has 0 bridgehead atoms. The van der Waals surface area contributed by atoms with Crippen molar-refractivity contribution < 1.29 is 19.4 Å². The van der Waals surface area contributed by atoms with E-state index in [0.717, 1.165) is 5.57 Å². The minimum Gasteiger partial charge on any atom is -0.466 e. The van der Waals surface area contributed by atoms with Crippen LogP contribution in [0.3, 0.4) is 0 Å². The molecule has 1 N–H and O–H groups in total. The highest BCUT2D eigenvalue weighted by atomic mass is 16.5. The molecule has 0 aromatic rings. The molecule has 0 saturated heterocycles. The lowest BCUT2D eigenvalue weighted by molar-refractivity contribution is -0.136. The van der Waals surface area contributed by atoms with Gasteiger partial charge in [0.05, 0.1) is 7.11 Å². The number of fused-ring (bicyclic) bond motifs is 1. The minimum atomic E-state index is -1.26. The summed E-state index contributed by atoms with van der Waals surface area (Å²) in [7, 11) is 1.32. The lowest BCUT2D eigenvalue weighted by Crippen LogP contribution is -2.34. The van der Waals surface area contributed by atoms with Gasteiger partial charge in [-0.1, -0.05) is 12.2 Å². The van der Waals surface area contributed by atoms with E-state index >= 15 is 0 Å². The maximum Gasteiger partial charge on any atom is 0.333 e. The third-order valence-corrected chi connectivity index (χ3v) is 4.44. The highest BCUT2D eigenvalue weighted by molar-refractivity contribution is 6.10. The van der Waals surface area contributed by atoms with Crippen molar-refractivity contribution in [1.29, 1.82) is 0 Å². The molecule has 0 amide bonds. The van der Waals surface area contributed by atoms with Crippen LogP contribution in [-0.2, 0) is 14.3 Å². The van der Waals surface area contributed by atoms with Crippen molar-refractivity contribution in [2.45, 2.75) is 38.7 Å². The van der Waals surface area contributed by atoms with E-state index in [1.807, 2.05) is 6.92 Å². The second-order valence-corrected chi connectivity index (χ2v) is 5.66. The van der Waals surface area contributed by atoms with E-state index in [4.69, 9.17) is 4.74 Å². The largest absolute Gasteiger partial charge is 0.466 e. The lowest BCUT2D eigenvalue weighted by Gasteiger charge is -2.29. The van der Waals surface area contributed by atoms with Gasteiger partial charge in [-0.2, -0.15) is 0 Å². The zero-order valence-electron chi connectivity index (χ0n) is 12.2. The Balaban J connectivity index is 2.37. The molecule has 2 rings (SSSR count). The van der Waals surface area contributed by atoms with Gasteiger partial charge in [0.2, 0.25) is 0 Å². The molecule has 4 heteroatoms. The van der Waals surface area contributed by atoms with Crippen LogP contribution in [0.5, 0.6) is 0 Å². The van der Waals surface area contributed by atoms with Gasteiger partial charge >= 0.3 is 5.97 Å². The van der Waals surface area contributed by atoms with Gasteiger partial charge in [-0.25, -0.2) is 4.79 Å². The quantitative estimate of drug-likeness (QED) is 0.619. The number of carbonyl (C=O) groups is 2. The van der Waals surface area contributed by atoms with Gasteiger partial charge in [-0.3, -0.25) is 4.79 Å². The fraction of sp³-hybridized carbons (Fsp3) is 0.500. The molecule has 2 atom stereocenters. The Hall–Kier alpha value is -1.68. The second kappa shape index (κ2) is 5.02. The van der Waals surface area contributed by atoms with Gasteiger partial charge < -0.3 is 9.84 Å². The molecule has 0 spiro atoms. The number of carbonyl (C=O) groups excluding carboxylic acids is 2. The average molecular weight is 276 g/mol. The Morgan fingerprint density at radius 1 is 1.50 bits per heavy atom. The average Bonchev–Trinajstić information content (AvgIpc) is 2.54. The number of esters is 1. The zero-order chi connectivity index (χ0) is 15.1. The SMILES string of the molecule is C=C(C(=O)OC)[C@@H]1CCC(C)=C2C(=O)C=C(C)[C@@]2(O)C1. The molecule has 0 aromatic heterocycles. The maximum absolute atomic E-state index is 12.0. The summed E-state index contributed by atoms with van der Waals surface area (Å²) in [5.41, 5.74) is 1.11. The van der Waals surface area contributed by atoms with Crippen molar-refractivity contribution in [3.8, 4) is 0 Å². The van der Waals surface area contributed by atoms with Crippen molar-refractivity contribution in [2.75, 3.05) is 7.11 Å². The summed E-state index contributed by atoms with van der Waals surface area (Å²) in [6.07, 6.45) is 3.15. The van der Waals surface area contributed by atoms with Crippen LogP contribution in [0.25, 0.3) is 0 Å². The molecule has 4 nitrogen and oxygen atoms in total. The first kappa shape index (κ1) is 14.7. The molecular weight excluding hydrogens is 256 g/mol. The van der Waals surface area contributed by atoms with Crippen LogP contribution in [0, 0.1) is 5.92 Å². The second-order valence-electron chi connectivity index (χ2n) is 5.66. The standard InChI is InChI=1S/C16H20O4/c1-9-5-6-12(11(3)15(18)20-4)8-16(19)10(2)7-13(17)14(9)16/h7,12,19H,3,5-6,8H2,1-2,4H3/t12-,16+/m1/s1. The number of hydrogen-bond donors (Lipinski definition) is 1. The summed E-state index contributed by atoms with van der Waals surface area (Å²) in [6, 6.07) is 0. The molecule has 0 saturated carbocycles. The summed E-state index contributed by atoms with van der Waals surface area (Å²) in [5.74, 6) is -0.758. The van der Waals surface area contributed by atoms with E-state index in [1.165, 1.54) is 13.2 Å². The molecule has 0 aliphatic heterocycles. The third kappa shape index (κ3) is 2.14. The smallest absolute Gasteiger partial charge is 0.333 e. The van der Waals surface area contributed by atoms with Crippen LogP contribution in [0.15, 0.2) is 34.9 Å². The first-order chi connectivity index (χ1) is 9.31. The zero-order valence-corrected chi connectivity index (χ0v) is 12.2. The fourth-order valence-electron chi connectivity index (χ4n) is 3.19. The van der Waals surface area contributed by atoms with Gasteiger partial charge in [-0.05, 0) is 50.7 Å². The maximum atomic E-state index is 12.0. The van der Waals surface area contributed by atoms with Crippen molar-refractivity contribution in [2.24, 2.45) is 5.92 Å². The summed E-state index contributed by atoms with van der Waals surface area (Å²) in [6.45, 7) is 7.42. The summed E-state index contributed by atoms with van der Waals surface area (Å²) in [4.78, 5) is 23.7. The number of allylic oxidation sites excluding steroid dienone is 2. The molecule has 20 heavy (non-hydrogen) atoms. The number of methoxy groups -OCH3 is 1. The number of aliphatic hydroxyl groups is 1. The predicted octanol–water partition coefficient (Wildman–Crippen LogP) is 2.09. The highest BCUT2D eigenvalue weighted by Gasteiger charge is 2.46. The molecular formula is C16H20O4. The van der Waals surface area contributed by atoms with Gasteiger partial charge in [0.15, 0.2) is 5.78 Å². The molecule has 0 unspecified atom stereocenters. The van der Waals surface area contributed by atoms with Crippen LogP contribution in [-0.4, -0.2) is 29.6 Å². The van der Waals surface area contributed by atoms with Crippen LogP contribution in [0.2, 0.25) is 0 Å². The summed E-state index contributed by atoms with van der Waals surface area (Å²) in [5, 5.41) is 10.9. The van der Waals surface area contributed by atoms with Gasteiger partial charge in [0.1, 0.15) is 5.60 Å². The molecule has 2 aliphatic carbocycles. The van der Waals surface area contributed by atoms with Crippen LogP contribution in [0.4, 0.5) is 0 Å². The van der Waals surface area contributed by atoms with Gasteiger partial charge in [0, 0.05) is 11.1 Å². The number of hydrogen-bond acceptors (Lipinski definition) is 4. The monoisotopic (exact) mass is 276 g/mol. The van der Waals surface area contributed by atoms with Crippen LogP contribution in [0.1, 0.15) is 33.1 Å². The summed E-state index contributed by atoms with van der Waals surface area (Å²) >= 11 is 0. The molecule has 2 aliphatic rings. The number of ether oxygens (including phenoxy) is 1. The minimum absolute atomic E-state index is 0.119. The van der Waals surface area contributed by atoms with E-state index in [-0.39, 0.29) is 11.7 Å². The topological polar surface area (TPSA) is 63.6 Å². The van der Waals surface area contributed by atoms with E-state index in [0.29, 0.717) is 36.0 Å². The van der Waals surface area contributed by atoms with Crippen molar-refractivity contribution in [3.63, 3.8) is 0 Å². The van der Waals surface area contributed by atoms with E-state index in [2.05, 4.69) is 6.58 Å². The van der Waals surface area contributed by atoms with Crippen LogP contribution < -0.4 is 0 Å². The molecule has 0 aromatic carbocycles. The van der Waals surface area contributed by atoms with E-state index < -0.39 is 11.6 Å². The van der Waals surface area contributed by atoms with E-state index in [1.54, 1.807) is 6.92 Å². The first-order valence-corrected chi connectivity index (χ1v) is 6.74. The number of rotatable bonds is 2. The molecule has 0 heterocycles. The lowest BCUT2D eigenvalue weighted by atomic mass is 9.80. The van der Waals surface area contributed by atoms with Crippen LogP contribution >= 0.6 is 0 Å². The van der Waals surface area contributed by atoms with E-state index in [9.17, 15) is 14.7 Å². The van der Waals surface area contributed by atoms with Gasteiger partial charge in [-0.15, -0.1) is 0 Å². The Morgan fingerprint density at radius 2 is 2.15 bits per heavy atom. The first-order valence-electron chi connectivity index (χ1n) is 6.74. The number of ketones is 1. The summed E-state index contributed by atoms with van der Waals surface area (Å²) < 4.78 is 4.71. The molecule has 0 fully saturated rings.